The van der Waals surface area contributed by atoms with Crippen molar-refractivity contribution in [3.05, 3.63) is 125 Å². The predicted octanol–water partition coefficient (Wildman–Crippen LogP) is 9.11. The summed E-state index contributed by atoms with van der Waals surface area (Å²) < 4.78 is 12.9. The molecular formula is C35H24ClN7S2. The van der Waals surface area contributed by atoms with Crippen molar-refractivity contribution in [1.82, 2.24) is 18.7 Å². The van der Waals surface area contributed by atoms with Crippen LogP contribution in [0.5, 0.6) is 0 Å². The van der Waals surface area contributed by atoms with Gasteiger partial charge in [0.2, 0.25) is 0 Å². The van der Waals surface area contributed by atoms with E-state index < -0.39 is 0 Å². The highest BCUT2D eigenvalue weighted by atomic mass is 35.5. The van der Waals surface area contributed by atoms with E-state index in [1.54, 1.807) is 0 Å². The van der Waals surface area contributed by atoms with Crippen molar-refractivity contribution in [3.8, 4) is 33.9 Å². The molecule has 218 valence electrons. The number of hydrogen-bond donors (Lipinski definition) is 2. The molecule has 2 aliphatic rings. The molecule has 7 nitrogen and oxygen atoms in total. The lowest BCUT2D eigenvalue weighted by Gasteiger charge is -2.42. The largest absolute Gasteiger partial charge is 0.310 e. The van der Waals surface area contributed by atoms with Crippen LogP contribution in [0.1, 0.15) is 36.4 Å². The van der Waals surface area contributed by atoms with E-state index in [0.29, 0.717) is 44.9 Å². The van der Waals surface area contributed by atoms with Gasteiger partial charge in [-0.05, 0) is 60.3 Å². The van der Waals surface area contributed by atoms with Gasteiger partial charge < -0.3 is 4.90 Å². The van der Waals surface area contributed by atoms with Crippen LogP contribution in [-0.2, 0) is 5.41 Å². The van der Waals surface area contributed by atoms with Crippen molar-refractivity contribution in [2.24, 2.45) is 4.40 Å². The first kappa shape index (κ1) is 27.8. The zero-order valence-corrected chi connectivity index (χ0v) is 26.6. The number of benzene rings is 4. The summed E-state index contributed by atoms with van der Waals surface area (Å²) >= 11 is 11.5. The summed E-state index contributed by atoms with van der Waals surface area (Å²) in [4.78, 5) is 12.5. The SMILES string of the molecule is CC1(C)c2ccccc2N(c2ccc(-c3nc4c(nc3-c3ccc(Cl)cc3)-c3nsnc3C(=N)C4=NS)cc2)c2ccccc21. The number of nitrogens with one attached hydrogen (secondary N) is 1. The van der Waals surface area contributed by atoms with Gasteiger partial charge in [0.1, 0.15) is 34.2 Å². The van der Waals surface area contributed by atoms with Crippen molar-refractivity contribution in [1.29, 1.82) is 5.41 Å². The summed E-state index contributed by atoms with van der Waals surface area (Å²) in [5, 5.41) is 9.35. The summed E-state index contributed by atoms with van der Waals surface area (Å²) in [5.41, 5.74) is 11.2. The maximum absolute atomic E-state index is 8.72. The lowest BCUT2D eigenvalue weighted by Crippen LogP contribution is -2.30. The molecule has 0 atom stereocenters. The number of thiol groups is 1. The predicted molar refractivity (Wildman–Crippen MR) is 186 cm³/mol. The Morgan fingerprint density at radius 1 is 0.689 bits per heavy atom. The first-order valence-electron chi connectivity index (χ1n) is 14.3. The van der Waals surface area contributed by atoms with Crippen LogP contribution in [0.25, 0.3) is 33.9 Å². The molecule has 0 saturated carbocycles. The van der Waals surface area contributed by atoms with Gasteiger partial charge in [-0.15, -0.1) is 0 Å². The number of halogens is 1. The number of para-hydroxylation sites is 2. The minimum atomic E-state index is -0.136. The maximum Gasteiger partial charge on any atom is 0.135 e. The molecule has 0 amide bonds. The molecule has 0 radical (unpaired) electrons. The molecule has 1 aliphatic heterocycles. The Bertz CT molecular complexity index is 2140. The summed E-state index contributed by atoms with van der Waals surface area (Å²) in [6.45, 7) is 4.57. The van der Waals surface area contributed by atoms with Crippen LogP contribution in [0.4, 0.5) is 17.1 Å². The summed E-state index contributed by atoms with van der Waals surface area (Å²) in [7, 11) is 0. The molecule has 0 fully saturated rings. The molecule has 0 spiro atoms. The highest BCUT2D eigenvalue weighted by Crippen LogP contribution is 2.51. The lowest BCUT2D eigenvalue weighted by atomic mass is 9.73. The van der Waals surface area contributed by atoms with Crippen LogP contribution in [-0.4, -0.2) is 30.1 Å². The third-order valence-electron chi connectivity index (χ3n) is 8.56. The third kappa shape index (κ3) is 4.26. The van der Waals surface area contributed by atoms with Crippen molar-refractivity contribution < 1.29 is 0 Å². The van der Waals surface area contributed by atoms with Gasteiger partial charge in [-0.25, -0.2) is 14.4 Å². The quantitative estimate of drug-likeness (QED) is 0.188. The smallest absolute Gasteiger partial charge is 0.135 e. The number of aromatic nitrogens is 4. The second-order valence-corrected chi connectivity index (χ2v) is 12.6. The normalized spacial score (nSPS) is 15.3. The Hall–Kier alpha value is -4.70. The van der Waals surface area contributed by atoms with Gasteiger partial charge in [0.05, 0.1) is 34.5 Å². The molecule has 3 heterocycles. The van der Waals surface area contributed by atoms with E-state index >= 15 is 0 Å². The van der Waals surface area contributed by atoms with Gasteiger partial charge in [0.15, 0.2) is 0 Å². The third-order valence-corrected chi connectivity index (χ3v) is 9.54. The second-order valence-electron chi connectivity index (χ2n) is 11.5. The standard InChI is InChI=1S/C35H24ClN7S2/c1-35(2)23-7-3-5-9-25(23)43(26-10-6-4-8-24(26)35)22-17-13-20(14-18-22)29-28(19-11-15-21(36)16-12-19)39-33-32(38-29)30(40-44)27(37)31-34(33)42-45-41-31/h3-18,37,44H,1-2H3. The van der Waals surface area contributed by atoms with Crippen molar-refractivity contribution >= 4 is 64.6 Å². The van der Waals surface area contributed by atoms with E-state index in [2.05, 4.69) is 118 Å². The van der Waals surface area contributed by atoms with Gasteiger partial charge in [-0.3, -0.25) is 5.41 Å². The molecule has 45 heavy (non-hydrogen) atoms. The highest BCUT2D eigenvalue weighted by molar-refractivity contribution is 7.79. The number of fused-ring (bicyclic) bond motifs is 5. The number of rotatable bonds is 3. The monoisotopic (exact) mass is 641 g/mol. The van der Waals surface area contributed by atoms with Crippen LogP contribution in [0.15, 0.2) is 101 Å². The molecule has 0 unspecified atom stereocenters. The first-order valence-corrected chi connectivity index (χ1v) is 15.8. The Morgan fingerprint density at radius 3 is 1.82 bits per heavy atom. The Balaban J connectivity index is 1.31. The Morgan fingerprint density at radius 2 is 1.22 bits per heavy atom. The molecule has 6 aromatic rings. The fourth-order valence-electron chi connectivity index (χ4n) is 6.33. The zero-order chi connectivity index (χ0) is 30.9. The molecule has 2 aromatic heterocycles. The van der Waals surface area contributed by atoms with Crippen LogP contribution >= 0.6 is 36.1 Å². The lowest BCUT2D eigenvalue weighted by molar-refractivity contribution is 0.632. The van der Waals surface area contributed by atoms with Crippen molar-refractivity contribution in [2.75, 3.05) is 4.90 Å². The van der Waals surface area contributed by atoms with Crippen LogP contribution < -0.4 is 4.90 Å². The molecule has 10 heteroatoms. The molecule has 0 bridgehead atoms. The van der Waals surface area contributed by atoms with Crippen LogP contribution in [0, 0.1) is 5.41 Å². The minimum absolute atomic E-state index is 0.126. The van der Waals surface area contributed by atoms with Gasteiger partial charge >= 0.3 is 0 Å². The summed E-state index contributed by atoms with van der Waals surface area (Å²) in [6, 6.07) is 33.1. The van der Waals surface area contributed by atoms with E-state index in [1.165, 1.54) is 11.1 Å². The van der Waals surface area contributed by atoms with Crippen LogP contribution in [0.3, 0.4) is 0 Å². The van der Waals surface area contributed by atoms with E-state index in [1.807, 2.05) is 24.3 Å². The minimum Gasteiger partial charge on any atom is -0.310 e. The molecule has 8 rings (SSSR count). The van der Waals surface area contributed by atoms with Crippen molar-refractivity contribution in [2.45, 2.75) is 19.3 Å². The maximum atomic E-state index is 8.72. The average Bonchev–Trinajstić information content (AvgIpc) is 3.57. The van der Waals surface area contributed by atoms with Gasteiger partial charge in [0.25, 0.3) is 0 Å². The fourth-order valence-corrected chi connectivity index (χ4v) is 7.20. The van der Waals surface area contributed by atoms with E-state index in [9.17, 15) is 0 Å². The number of anilines is 3. The topological polar surface area (TPSA) is 91.0 Å². The second kappa shape index (κ2) is 10.4. The number of hydrogen-bond acceptors (Lipinski definition) is 9. The van der Waals surface area contributed by atoms with Gasteiger partial charge in [-0.1, -0.05) is 86.1 Å². The summed E-state index contributed by atoms with van der Waals surface area (Å²) in [5.74, 6) is 0. The fraction of sp³-hybridized carbons (Fsp3) is 0.0857. The van der Waals surface area contributed by atoms with Gasteiger partial charge in [-0.2, -0.15) is 8.75 Å². The van der Waals surface area contributed by atoms with Crippen molar-refractivity contribution in [3.63, 3.8) is 0 Å². The highest BCUT2D eigenvalue weighted by Gasteiger charge is 2.37. The summed E-state index contributed by atoms with van der Waals surface area (Å²) in [6.07, 6.45) is 0. The molecule has 1 N–H and O–H groups in total. The van der Waals surface area contributed by atoms with E-state index in [0.717, 1.165) is 39.9 Å². The molecule has 4 aromatic carbocycles. The van der Waals surface area contributed by atoms with Gasteiger partial charge in [0, 0.05) is 27.3 Å². The molecule has 0 saturated heterocycles. The first-order chi connectivity index (χ1) is 21.9. The average molecular weight is 642 g/mol. The van der Waals surface area contributed by atoms with Crippen LogP contribution in [0.2, 0.25) is 5.02 Å². The van der Waals surface area contributed by atoms with E-state index in [4.69, 9.17) is 27.0 Å². The Kier molecular flexibility index (Phi) is 6.46. The number of nitrogens with zero attached hydrogens (tertiary/aromatic N) is 6. The van der Waals surface area contributed by atoms with E-state index in [-0.39, 0.29) is 11.1 Å². The molecule has 1 aliphatic carbocycles. The molecular weight excluding hydrogens is 618 g/mol. The zero-order valence-electron chi connectivity index (χ0n) is 24.2. The Labute approximate surface area is 274 Å².